The fourth-order valence-electron chi connectivity index (χ4n) is 19.0. The minimum atomic E-state index is -0.570. The van der Waals surface area contributed by atoms with Crippen molar-refractivity contribution < 1.29 is 57.8 Å². The Kier molecular flexibility index (Phi) is 22.3. The number of hydrogen-bond acceptors (Lipinski definition) is 12. The van der Waals surface area contributed by atoms with Crippen LogP contribution in [0.4, 0.5) is 0 Å². The Balaban J connectivity index is 0.000000142. The van der Waals surface area contributed by atoms with Crippen molar-refractivity contribution in [2.24, 2.45) is 70.5 Å². The second-order valence-electron chi connectivity index (χ2n) is 31.1. The number of ether oxygens (including phenoxy) is 6. The summed E-state index contributed by atoms with van der Waals surface area (Å²) in [6.07, 6.45) is 28.2. The van der Waals surface area contributed by atoms with Crippen LogP contribution < -0.4 is 4.74 Å². The van der Waals surface area contributed by atoms with E-state index in [1.165, 1.54) is 77.0 Å². The number of rotatable bonds is 13. The van der Waals surface area contributed by atoms with Gasteiger partial charge in [-0.1, -0.05) is 82.8 Å². The molecule has 1 saturated heterocycles. The van der Waals surface area contributed by atoms with Gasteiger partial charge in [-0.3, -0.25) is 0 Å². The van der Waals surface area contributed by atoms with E-state index in [9.17, 15) is 24.3 Å². The van der Waals surface area contributed by atoms with E-state index in [0.29, 0.717) is 52.2 Å². The average Bonchev–Trinajstić information content (AvgIpc) is 1.48. The number of fused-ring (bicyclic) bond motifs is 9. The maximum absolute atomic E-state index is 12.1. The summed E-state index contributed by atoms with van der Waals surface area (Å²) >= 11 is 0. The summed E-state index contributed by atoms with van der Waals surface area (Å²) in [5.41, 5.74) is 2.42. The van der Waals surface area contributed by atoms with Gasteiger partial charge in [-0.2, -0.15) is 0 Å². The highest BCUT2D eigenvalue weighted by Gasteiger charge is 2.68. The first-order chi connectivity index (χ1) is 42.3. The Morgan fingerprint density at radius 3 is 1.52 bits per heavy atom. The minimum absolute atomic E-state index is 0.0617. The molecule has 2 aromatic rings. The fourth-order valence-corrected chi connectivity index (χ4v) is 19.0. The normalized spacial score (nSPS) is 34.3. The summed E-state index contributed by atoms with van der Waals surface area (Å²) in [6, 6.07) is 14.8. The third-order valence-corrected chi connectivity index (χ3v) is 22.2. The predicted octanol–water partition coefficient (Wildman–Crippen LogP) is 17.4. The van der Waals surface area contributed by atoms with Crippen LogP contribution in [0.5, 0.6) is 11.5 Å². The molecule has 2 N–H and O–H groups in total. The second-order valence-corrected chi connectivity index (χ2v) is 31.1. The van der Waals surface area contributed by atoms with E-state index in [2.05, 4.69) is 60.2 Å². The number of esters is 4. The lowest BCUT2D eigenvalue weighted by Crippen LogP contribution is -2.60. The summed E-state index contributed by atoms with van der Waals surface area (Å²) < 4.78 is 33.7. The number of benzene rings is 2. The van der Waals surface area contributed by atoms with Crippen molar-refractivity contribution >= 4 is 36.0 Å². The van der Waals surface area contributed by atoms with E-state index in [4.69, 9.17) is 33.5 Å². The molecule has 13 aliphatic rings. The molecule has 15 rings (SSSR count). The highest BCUT2D eigenvalue weighted by atomic mass is 16.7. The third kappa shape index (κ3) is 16.9. The largest absolute Gasteiger partial charge is 0.508 e. The van der Waals surface area contributed by atoms with E-state index in [0.717, 1.165) is 122 Å². The second kappa shape index (κ2) is 28.7. The lowest BCUT2D eigenvalue weighted by Gasteiger charge is -2.61. The number of phenolic OH excluding ortho intramolecular Hbond substituents is 1. The molecule has 10 unspecified atom stereocenters. The van der Waals surface area contributed by atoms with E-state index in [-0.39, 0.29) is 46.8 Å². The van der Waals surface area contributed by atoms with Gasteiger partial charge in [0.25, 0.3) is 0 Å². The first-order valence-corrected chi connectivity index (χ1v) is 34.0. The standard InChI is InChI=1S/C18H26O2.C17H26O2.C14H20O3.C13H16O2.C8H14O2.C8H8O/c1-4-18(20-17(19)10(2)3)9-13-8-14(18)16-12-6-5-11(7-12)15(13)16;1-11(2)15(18)19-16(3,4)17-8-12-5-13(9-17)7-14(6-12)10-17;1-9(2)12(15)17-14-6-10-3-11(7-14)5-13(16,4-10)8-14;1-2-11-6-8-12(9-7-11)15-13-5-3-4-10-14-13;1-6(2)7(9)10-8(3,4)5;1-2-7-3-5-8(9)6-4-7/h11-16H,2,4-9H2,1,3H3;12-14H,1,5-10H2,2-4H3;10-11,16H,1,3-8H2,2H3;2,6-9,13H,1,3-5,10H2;1H2,2-5H3;2-6,9H,1H2. The zero-order chi connectivity index (χ0) is 65.7. The number of aliphatic hydroxyl groups is 1. The summed E-state index contributed by atoms with van der Waals surface area (Å²) in [5.74, 6) is 9.14. The van der Waals surface area contributed by atoms with Crippen molar-refractivity contribution in [2.45, 2.75) is 238 Å². The van der Waals surface area contributed by atoms with Crippen molar-refractivity contribution in [3.63, 3.8) is 0 Å². The molecule has 0 amide bonds. The molecule has 0 spiro atoms. The van der Waals surface area contributed by atoms with Crippen LogP contribution in [0.2, 0.25) is 0 Å². The first-order valence-electron chi connectivity index (χ1n) is 34.0. The Morgan fingerprint density at radius 2 is 1.07 bits per heavy atom. The Labute approximate surface area is 539 Å². The highest BCUT2D eigenvalue weighted by Crippen LogP contribution is 2.71. The van der Waals surface area contributed by atoms with Crippen molar-refractivity contribution in [1.82, 2.24) is 0 Å². The Hall–Kier alpha value is -5.72. The molecule has 0 aromatic heterocycles. The Morgan fingerprint density at radius 1 is 0.578 bits per heavy atom. The summed E-state index contributed by atoms with van der Waals surface area (Å²) in [6.45, 7) is 41.4. The summed E-state index contributed by atoms with van der Waals surface area (Å²) in [7, 11) is 0. The lowest BCUT2D eigenvalue weighted by molar-refractivity contribution is -0.217. The van der Waals surface area contributed by atoms with Gasteiger partial charge in [-0.15, -0.1) is 0 Å². The fraction of sp³-hybridized carbons (Fsp3) is 0.641. The molecule has 12 aliphatic carbocycles. The molecule has 13 fully saturated rings. The van der Waals surface area contributed by atoms with Gasteiger partial charge in [0, 0.05) is 46.5 Å². The molecule has 1 aliphatic heterocycles. The Bertz CT molecular complexity index is 2880. The van der Waals surface area contributed by atoms with Crippen molar-refractivity contribution in [1.29, 1.82) is 0 Å². The average molecular weight is 1240 g/mol. The molecule has 90 heavy (non-hydrogen) atoms. The molecule has 10 atom stereocenters. The van der Waals surface area contributed by atoms with Crippen LogP contribution in [0.3, 0.4) is 0 Å². The van der Waals surface area contributed by atoms with Crippen LogP contribution in [0.15, 0.2) is 110 Å². The van der Waals surface area contributed by atoms with Crippen molar-refractivity contribution in [3.05, 3.63) is 121 Å². The molecule has 12 saturated carbocycles. The molecular formula is C78H110O12. The van der Waals surface area contributed by atoms with E-state index < -0.39 is 16.8 Å². The predicted molar refractivity (Wildman–Crippen MR) is 356 cm³/mol. The monoisotopic (exact) mass is 1240 g/mol. The zero-order valence-corrected chi connectivity index (χ0v) is 56.5. The van der Waals surface area contributed by atoms with Gasteiger partial charge in [0.15, 0.2) is 6.29 Å². The first kappa shape index (κ1) is 70.2. The van der Waals surface area contributed by atoms with Gasteiger partial charge in [-0.25, -0.2) is 19.2 Å². The van der Waals surface area contributed by atoms with Crippen molar-refractivity contribution in [3.8, 4) is 11.5 Å². The maximum atomic E-state index is 12.1. The van der Waals surface area contributed by atoms with Gasteiger partial charge >= 0.3 is 23.9 Å². The number of carbonyl (C=O) groups excluding carboxylic acids is 4. The molecule has 2 aromatic carbocycles. The molecule has 1 heterocycles. The van der Waals surface area contributed by atoms with Crippen LogP contribution >= 0.6 is 0 Å². The van der Waals surface area contributed by atoms with Gasteiger partial charge in [0.1, 0.15) is 33.9 Å². The highest BCUT2D eigenvalue weighted by molar-refractivity contribution is 5.88. The van der Waals surface area contributed by atoms with Crippen LogP contribution in [-0.4, -0.2) is 75.0 Å². The quantitative estimate of drug-likeness (QED) is 0.0845. The lowest BCUT2D eigenvalue weighted by atomic mass is 9.46. The number of phenols is 1. The van der Waals surface area contributed by atoms with Gasteiger partial charge < -0.3 is 38.6 Å². The summed E-state index contributed by atoms with van der Waals surface area (Å²) in [4.78, 5) is 46.6. The van der Waals surface area contributed by atoms with Crippen LogP contribution in [0.1, 0.15) is 215 Å². The van der Waals surface area contributed by atoms with Crippen LogP contribution in [0.25, 0.3) is 12.2 Å². The molecule has 12 nitrogen and oxygen atoms in total. The van der Waals surface area contributed by atoms with Gasteiger partial charge in [-0.05, 0) is 279 Å². The topological polar surface area (TPSA) is 164 Å². The van der Waals surface area contributed by atoms with Gasteiger partial charge in [0.2, 0.25) is 0 Å². The molecular weight excluding hydrogens is 1130 g/mol. The third-order valence-electron chi connectivity index (χ3n) is 22.2. The molecule has 494 valence electrons. The number of aromatic hydroxyl groups is 1. The van der Waals surface area contributed by atoms with Gasteiger partial charge in [0.05, 0.1) is 12.2 Å². The smallest absolute Gasteiger partial charge is 0.333 e. The van der Waals surface area contributed by atoms with E-state index in [1.54, 1.807) is 45.9 Å². The van der Waals surface area contributed by atoms with E-state index in [1.807, 2.05) is 63.2 Å². The zero-order valence-electron chi connectivity index (χ0n) is 56.5. The molecule has 12 heteroatoms. The van der Waals surface area contributed by atoms with E-state index >= 15 is 0 Å². The SMILES string of the molecule is C=C(C)C(=O)OC(C)(C)C.C=C(C)C(=O)OC(C)(C)C12CC3CC(CC(C3)C1)C2.C=C(C)C(=O)OC1(CC)CC2CC1C1C3CCC(C3)C21.C=C(C)C(=O)OC12CC3CC(CC(O)(C3)C1)C2.C=Cc1ccc(O)cc1.C=Cc1ccc(OC2CCCCO2)cc1. The minimum Gasteiger partial charge on any atom is -0.508 e. The van der Waals surface area contributed by atoms with Crippen molar-refractivity contribution in [2.75, 3.05) is 6.61 Å². The number of hydrogen-bond donors (Lipinski definition) is 2. The molecule has 12 bridgehead atoms. The van der Waals surface area contributed by atoms with Crippen LogP contribution in [0, 0.1) is 70.5 Å². The summed E-state index contributed by atoms with van der Waals surface area (Å²) in [5, 5.41) is 19.3. The maximum Gasteiger partial charge on any atom is 0.333 e. The number of carbonyl (C=O) groups is 4. The molecule has 0 radical (unpaired) electrons. The van der Waals surface area contributed by atoms with Crippen LogP contribution in [-0.2, 0) is 42.9 Å².